The SMILES string of the molecule is CCS(=O)(=O)N1CCN(CC2CCC(c3nnn4cnc5[nH]ccc5c34)CC2)CC1. The van der Waals surface area contributed by atoms with Crippen molar-refractivity contribution >= 4 is 26.6 Å². The van der Waals surface area contributed by atoms with Crippen LogP contribution >= 0.6 is 0 Å². The number of piperazine rings is 1. The van der Waals surface area contributed by atoms with E-state index < -0.39 is 10.0 Å². The number of nitrogens with zero attached hydrogens (tertiary/aromatic N) is 6. The van der Waals surface area contributed by atoms with Crippen LogP contribution in [-0.4, -0.2) is 80.9 Å². The molecule has 1 aliphatic carbocycles. The molecule has 0 aromatic carbocycles. The number of aromatic amines is 1. The first-order valence-electron chi connectivity index (χ1n) is 10.9. The summed E-state index contributed by atoms with van der Waals surface area (Å²) in [6.45, 7) is 5.72. The number of nitrogens with one attached hydrogen (secondary N) is 1. The molecule has 1 aliphatic heterocycles. The Morgan fingerprint density at radius 3 is 2.63 bits per heavy atom. The molecule has 0 spiro atoms. The molecule has 1 saturated carbocycles. The predicted octanol–water partition coefficient (Wildman–Crippen LogP) is 1.85. The lowest BCUT2D eigenvalue weighted by molar-refractivity contribution is 0.146. The molecule has 0 unspecified atom stereocenters. The van der Waals surface area contributed by atoms with E-state index in [-0.39, 0.29) is 5.75 Å². The zero-order valence-electron chi connectivity index (χ0n) is 17.4. The van der Waals surface area contributed by atoms with Gasteiger partial charge in [-0.2, -0.15) is 4.31 Å². The van der Waals surface area contributed by atoms with Crippen molar-refractivity contribution in [2.45, 2.75) is 38.5 Å². The molecule has 0 atom stereocenters. The Kier molecular flexibility index (Phi) is 5.24. The van der Waals surface area contributed by atoms with Gasteiger partial charge in [0.1, 0.15) is 17.5 Å². The molecular weight excluding hydrogens is 402 g/mol. The van der Waals surface area contributed by atoms with Crippen molar-refractivity contribution in [1.82, 2.24) is 34.0 Å². The lowest BCUT2D eigenvalue weighted by Crippen LogP contribution is -2.50. The van der Waals surface area contributed by atoms with E-state index in [2.05, 4.69) is 31.2 Å². The van der Waals surface area contributed by atoms with Crippen LogP contribution in [0, 0.1) is 5.92 Å². The van der Waals surface area contributed by atoms with Gasteiger partial charge in [0.05, 0.1) is 11.4 Å². The molecule has 4 heterocycles. The van der Waals surface area contributed by atoms with Crippen molar-refractivity contribution in [3.8, 4) is 0 Å². The molecule has 0 amide bonds. The molecule has 3 aromatic rings. The standard InChI is InChI=1S/C20H29N7O2S/c1-2-30(28,29)26-11-9-25(10-12-26)13-15-3-5-16(6-4-15)18-19-17-7-8-21-20(17)22-14-27(19)24-23-18/h7-8,14-16,21H,2-6,9-13H2,1H3. The molecule has 0 bridgehead atoms. The number of sulfonamides is 1. The average molecular weight is 432 g/mol. The van der Waals surface area contributed by atoms with E-state index in [4.69, 9.17) is 0 Å². The van der Waals surface area contributed by atoms with Gasteiger partial charge >= 0.3 is 0 Å². The Bertz CT molecular complexity index is 1120. The molecule has 5 rings (SSSR count). The monoisotopic (exact) mass is 431 g/mol. The van der Waals surface area contributed by atoms with Crippen molar-refractivity contribution in [1.29, 1.82) is 0 Å². The van der Waals surface area contributed by atoms with E-state index >= 15 is 0 Å². The van der Waals surface area contributed by atoms with E-state index in [1.54, 1.807) is 22.1 Å². The molecule has 3 aromatic heterocycles. The highest BCUT2D eigenvalue weighted by Gasteiger charge is 2.30. The molecular formula is C20H29N7O2S. The highest BCUT2D eigenvalue weighted by Crippen LogP contribution is 2.38. The Hall–Kier alpha value is -2.04. The van der Waals surface area contributed by atoms with Crippen LogP contribution in [0.4, 0.5) is 0 Å². The van der Waals surface area contributed by atoms with E-state index in [0.717, 1.165) is 54.7 Å². The number of H-pyrrole nitrogens is 1. The summed E-state index contributed by atoms with van der Waals surface area (Å²) in [5.41, 5.74) is 3.06. The number of aromatic nitrogens is 5. The summed E-state index contributed by atoms with van der Waals surface area (Å²) < 4.78 is 27.5. The largest absolute Gasteiger partial charge is 0.346 e. The second-order valence-corrected chi connectivity index (χ2v) is 10.8. The second-order valence-electron chi connectivity index (χ2n) is 8.57. The summed E-state index contributed by atoms with van der Waals surface area (Å²) in [4.78, 5) is 10.0. The highest BCUT2D eigenvalue weighted by molar-refractivity contribution is 7.89. The quantitative estimate of drug-likeness (QED) is 0.662. The van der Waals surface area contributed by atoms with E-state index in [1.165, 1.54) is 12.8 Å². The number of hydrogen-bond acceptors (Lipinski definition) is 6. The van der Waals surface area contributed by atoms with E-state index in [0.29, 0.717) is 24.9 Å². The van der Waals surface area contributed by atoms with Crippen LogP contribution in [0.5, 0.6) is 0 Å². The third-order valence-electron chi connectivity index (χ3n) is 6.84. The van der Waals surface area contributed by atoms with Crippen LogP contribution in [0.1, 0.15) is 44.2 Å². The minimum absolute atomic E-state index is 0.194. The lowest BCUT2D eigenvalue weighted by atomic mass is 9.80. The minimum atomic E-state index is -3.05. The van der Waals surface area contributed by atoms with Gasteiger partial charge in [0.25, 0.3) is 0 Å². The van der Waals surface area contributed by atoms with Crippen LogP contribution in [-0.2, 0) is 10.0 Å². The van der Waals surface area contributed by atoms with Crippen LogP contribution in [0.2, 0.25) is 0 Å². The summed E-state index contributed by atoms with van der Waals surface area (Å²) in [5, 5.41) is 9.90. The van der Waals surface area contributed by atoms with Crippen LogP contribution in [0.3, 0.4) is 0 Å². The number of fused-ring (bicyclic) bond motifs is 3. The van der Waals surface area contributed by atoms with Gasteiger partial charge in [0, 0.05) is 50.2 Å². The number of hydrogen-bond donors (Lipinski definition) is 1. The van der Waals surface area contributed by atoms with Crippen molar-refractivity contribution < 1.29 is 8.42 Å². The third kappa shape index (κ3) is 3.61. The Labute approximate surface area is 176 Å². The van der Waals surface area contributed by atoms with Crippen molar-refractivity contribution in [3.63, 3.8) is 0 Å². The molecule has 2 fully saturated rings. The topological polar surface area (TPSA) is 99.5 Å². The molecule has 0 radical (unpaired) electrons. The summed E-state index contributed by atoms with van der Waals surface area (Å²) in [6, 6.07) is 2.05. The molecule has 2 aliphatic rings. The van der Waals surface area contributed by atoms with Gasteiger partial charge < -0.3 is 9.88 Å². The molecule has 1 saturated heterocycles. The average Bonchev–Trinajstić information content (AvgIpc) is 3.41. The Morgan fingerprint density at radius 1 is 1.13 bits per heavy atom. The maximum absolute atomic E-state index is 12.0. The van der Waals surface area contributed by atoms with Crippen molar-refractivity contribution in [3.05, 3.63) is 24.3 Å². The normalized spacial score (nSPS) is 24.7. The Morgan fingerprint density at radius 2 is 1.90 bits per heavy atom. The third-order valence-corrected chi connectivity index (χ3v) is 8.72. The van der Waals surface area contributed by atoms with Gasteiger partial charge in [-0.05, 0) is 44.6 Å². The van der Waals surface area contributed by atoms with Crippen molar-refractivity contribution in [2.24, 2.45) is 5.92 Å². The molecule has 1 N–H and O–H groups in total. The maximum Gasteiger partial charge on any atom is 0.213 e. The fraction of sp³-hybridized carbons (Fsp3) is 0.650. The highest BCUT2D eigenvalue weighted by atomic mass is 32.2. The van der Waals surface area contributed by atoms with Crippen LogP contribution in [0.15, 0.2) is 18.6 Å². The molecule has 10 heteroatoms. The minimum Gasteiger partial charge on any atom is -0.346 e. The summed E-state index contributed by atoms with van der Waals surface area (Å²) in [6.07, 6.45) is 8.25. The maximum atomic E-state index is 12.0. The first-order valence-corrected chi connectivity index (χ1v) is 12.5. The van der Waals surface area contributed by atoms with Gasteiger partial charge in [-0.3, -0.25) is 0 Å². The smallest absolute Gasteiger partial charge is 0.213 e. The fourth-order valence-electron chi connectivity index (χ4n) is 5.05. The van der Waals surface area contributed by atoms with Crippen LogP contribution in [0.25, 0.3) is 16.6 Å². The summed E-state index contributed by atoms with van der Waals surface area (Å²) >= 11 is 0. The Balaban J connectivity index is 1.20. The van der Waals surface area contributed by atoms with E-state index in [1.807, 2.05) is 6.20 Å². The van der Waals surface area contributed by atoms with E-state index in [9.17, 15) is 8.42 Å². The molecule has 162 valence electrons. The molecule has 9 nitrogen and oxygen atoms in total. The fourth-order valence-corrected chi connectivity index (χ4v) is 6.14. The van der Waals surface area contributed by atoms with Crippen molar-refractivity contribution in [2.75, 3.05) is 38.5 Å². The summed E-state index contributed by atoms with van der Waals surface area (Å²) in [5.74, 6) is 1.30. The molecule has 30 heavy (non-hydrogen) atoms. The zero-order chi connectivity index (χ0) is 20.7. The lowest BCUT2D eigenvalue weighted by Gasteiger charge is -2.37. The summed E-state index contributed by atoms with van der Waals surface area (Å²) in [7, 11) is -3.05. The van der Waals surface area contributed by atoms with Gasteiger partial charge in [-0.1, -0.05) is 5.21 Å². The van der Waals surface area contributed by atoms with Gasteiger partial charge in [-0.15, -0.1) is 5.10 Å². The zero-order valence-corrected chi connectivity index (χ0v) is 18.2. The van der Waals surface area contributed by atoms with Crippen LogP contribution < -0.4 is 0 Å². The van der Waals surface area contributed by atoms with Gasteiger partial charge in [0.15, 0.2) is 0 Å². The van der Waals surface area contributed by atoms with Gasteiger partial charge in [-0.25, -0.2) is 17.9 Å². The predicted molar refractivity (Wildman–Crippen MR) is 115 cm³/mol. The first kappa shape index (κ1) is 19.9. The number of rotatable bonds is 5. The second kappa shape index (κ2) is 7.90. The first-order chi connectivity index (χ1) is 14.5. The van der Waals surface area contributed by atoms with Gasteiger partial charge in [0.2, 0.25) is 10.0 Å².